The molecule has 0 aliphatic rings. The lowest BCUT2D eigenvalue weighted by Gasteiger charge is -2.25. The third kappa shape index (κ3) is 6.12. The highest BCUT2D eigenvalue weighted by atomic mass is 32.2. The Balaban J connectivity index is 4.86. The van der Waals surface area contributed by atoms with Gasteiger partial charge in [0.2, 0.25) is 0 Å². The van der Waals surface area contributed by atoms with E-state index < -0.39 is 28.4 Å². The summed E-state index contributed by atoms with van der Waals surface area (Å²) >= 11 is 4.67. The molecule has 0 aliphatic carbocycles. The van der Waals surface area contributed by atoms with Crippen molar-refractivity contribution in [3.8, 4) is 0 Å². The quantitative estimate of drug-likeness (QED) is 0.686. The number of rotatable bonds is 6. The summed E-state index contributed by atoms with van der Waals surface area (Å²) in [6.45, 7) is 6.37. The van der Waals surface area contributed by atoms with Crippen molar-refractivity contribution in [2.45, 2.75) is 39.8 Å². The van der Waals surface area contributed by atoms with E-state index in [9.17, 15) is 13.2 Å². The van der Waals surface area contributed by atoms with E-state index in [1.165, 1.54) is 0 Å². The predicted molar refractivity (Wildman–Crippen MR) is 72.3 cm³/mol. The van der Waals surface area contributed by atoms with Crippen molar-refractivity contribution in [1.82, 2.24) is 9.03 Å². The van der Waals surface area contributed by atoms with Crippen LogP contribution in [0.3, 0.4) is 0 Å². The zero-order valence-electron chi connectivity index (χ0n) is 10.8. The van der Waals surface area contributed by atoms with Crippen molar-refractivity contribution < 1.29 is 17.9 Å². The van der Waals surface area contributed by atoms with Crippen LogP contribution in [0.2, 0.25) is 0 Å². The maximum absolute atomic E-state index is 11.9. The van der Waals surface area contributed by atoms with E-state index in [4.69, 9.17) is 10.5 Å². The first-order valence-electron chi connectivity index (χ1n) is 5.34. The van der Waals surface area contributed by atoms with Gasteiger partial charge in [0.05, 0.1) is 17.6 Å². The second kappa shape index (κ2) is 6.86. The number of hydrogen-bond donors (Lipinski definition) is 2. The second-order valence-corrected chi connectivity index (χ2v) is 6.31. The number of thiocarbonyl (C=S) groups is 1. The van der Waals surface area contributed by atoms with Gasteiger partial charge in [0.1, 0.15) is 0 Å². The second-order valence-electron chi connectivity index (χ2n) is 4.17. The highest BCUT2D eigenvalue weighted by Gasteiger charge is 2.28. The molecule has 1 amide bonds. The third-order valence-corrected chi connectivity index (χ3v) is 3.47. The van der Waals surface area contributed by atoms with Gasteiger partial charge < -0.3 is 10.5 Å². The van der Waals surface area contributed by atoms with Crippen molar-refractivity contribution in [3.63, 3.8) is 0 Å². The van der Waals surface area contributed by atoms with Crippen LogP contribution in [0.4, 0.5) is 4.79 Å². The molecule has 3 N–H and O–H groups in total. The minimum atomic E-state index is -4.02. The first-order valence-corrected chi connectivity index (χ1v) is 7.19. The maximum atomic E-state index is 11.9. The molecule has 0 atom stereocenters. The monoisotopic (exact) mass is 297 g/mol. The Kier molecular flexibility index (Phi) is 6.50. The van der Waals surface area contributed by atoms with E-state index in [-0.39, 0.29) is 11.5 Å². The molecule has 0 heterocycles. The van der Waals surface area contributed by atoms with E-state index >= 15 is 0 Å². The Morgan fingerprint density at radius 1 is 1.39 bits per heavy atom. The normalized spacial score (nSPS) is 11.9. The summed E-state index contributed by atoms with van der Waals surface area (Å²) < 4.78 is 31.3. The van der Waals surface area contributed by atoms with Gasteiger partial charge in [-0.1, -0.05) is 12.2 Å². The first-order chi connectivity index (χ1) is 8.06. The molecule has 9 heteroatoms. The molecule has 0 aromatic carbocycles. The fourth-order valence-corrected chi connectivity index (χ4v) is 2.56. The average molecular weight is 297 g/mol. The molecule has 18 heavy (non-hydrogen) atoms. The van der Waals surface area contributed by atoms with Gasteiger partial charge in [-0.25, -0.2) is 9.52 Å². The lowest BCUT2D eigenvalue weighted by Crippen LogP contribution is -2.49. The summed E-state index contributed by atoms with van der Waals surface area (Å²) in [5.74, 6) is 0. The van der Waals surface area contributed by atoms with Gasteiger partial charge in [-0.15, -0.1) is 0 Å². The van der Waals surface area contributed by atoms with Crippen molar-refractivity contribution >= 4 is 33.5 Å². The molecule has 7 nitrogen and oxygen atoms in total. The summed E-state index contributed by atoms with van der Waals surface area (Å²) in [5, 5.41) is 0. The summed E-state index contributed by atoms with van der Waals surface area (Å²) in [6.07, 6.45) is -1.44. The Hall–Kier alpha value is -0.930. The van der Waals surface area contributed by atoms with Gasteiger partial charge in [-0.3, -0.25) is 0 Å². The van der Waals surface area contributed by atoms with Crippen LogP contribution in [0.1, 0.15) is 27.7 Å². The zero-order chi connectivity index (χ0) is 14.5. The van der Waals surface area contributed by atoms with Gasteiger partial charge in [-0.2, -0.15) is 12.7 Å². The molecule has 0 rings (SSSR count). The van der Waals surface area contributed by atoms with E-state index in [1.807, 2.05) is 0 Å². The van der Waals surface area contributed by atoms with Crippen LogP contribution in [0, 0.1) is 0 Å². The third-order valence-electron chi connectivity index (χ3n) is 1.75. The van der Waals surface area contributed by atoms with Crippen LogP contribution in [0.25, 0.3) is 0 Å². The lowest BCUT2D eigenvalue weighted by molar-refractivity contribution is 0.121. The van der Waals surface area contributed by atoms with Gasteiger partial charge in [0.25, 0.3) is 0 Å². The minimum absolute atomic E-state index is 0.0197. The molecule has 106 valence electrons. The number of hydrogen-bond acceptors (Lipinski definition) is 5. The van der Waals surface area contributed by atoms with E-state index in [1.54, 1.807) is 32.4 Å². The van der Waals surface area contributed by atoms with E-state index in [2.05, 4.69) is 12.2 Å². The molecule has 0 radical (unpaired) electrons. The number of ether oxygens (including phenoxy) is 1. The molecule has 0 aromatic rings. The molecular weight excluding hydrogens is 278 g/mol. The zero-order valence-corrected chi connectivity index (χ0v) is 12.5. The molecule has 0 bridgehead atoms. The fraction of sp³-hybridized carbons (Fsp3) is 0.778. The van der Waals surface area contributed by atoms with E-state index in [0.29, 0.717) is 0 Å². The van der Waals surface area contributed by atoms with Crippen molar-refractivity contribution in [1.29, 1.82) is 0 Å². The van der Waals surface area contributed by atoms with Crippen LogP contribution >= 0.6 is 12.2 Å². The average Bonchev–Trinajstić information content (AvgIpc) is 2.10. The Bertz CT molecular complexity index is 406. The van der Waals surface area contributed by atoms with Crippen LogP contribution in [-0.4, -0.2) is 42.5 Å². The Morgan fingerprint density at radius 3 is 2.22 bits per heavy atom. The van der Waals surface area contributed by atoms with Crippen molar-refractivity contribution in [2.75, 3.05) is 6.54 Å². The molecule has 0 aromatic heterocycles. The summed E-state index contributed by atoms with van der Waals surface area (Å²) in [5.41, 5.74) is 5.32. The number of carbonyl (C=O) groups excluding carboxylic acids is 1. The first kappa shape index (κ1) is 17.1. The SMILES string of the molecule is CC(C)OC(=O)NS(=O)(=O)N(CC(N)=S)C(C)C. The van der Waals surface area contributed by atoms with Crippen molar-refractivity contribution in [2.24, 2.45) is 5.73 Å². The summed E-state index contributed by atoms with van der Waals surface area (Å²) in [4.78, 5) is 11.3. The molecule has 0 aliphatic heterocycles. The van der Waals surface area contributed by atoms with Crippen LogP contribution in [-0.2, 0) is 14.9 Å². The van der Waals surface area contributed by atoms with Gasteiger partial charge >= 0.3 is 16.3 Å². The van der Waals surface area contributed by atoms with Gasteiger partial charge in [0.15, 0.2) is 0 Å². The number of nitrogens with one attached hydrogen (secondary N) is 1. The number of nitrogens with zero attached hydrogens (tertiary/aromatic N) is 1. The molecule has 0 spiro atoms. The summed E-state index contributed by atoms with van der Waals surface area (Å²) in [6, 6.07) is -0.393. The van der Waals surface area contributed by atoms with Crippen LogP contribution < -0.4 is 10.5 Å². The van der Waals surface area contributed by atoms with Crippen LogP contribution in [0.5, 0.6) is 0 Å². The maximum Gasteiger partial charge on any atom is 0.422 e. The summed E-state index contributed by atoms with van der Waals surface area (Å²) in [7, 11) is -4.02. The smallest absolute Gasteiger partial charge is 0.422 e. The molecule has 0 unspecified atom stereocenters. The topological polar surface area (TPSA) is 102 Å². The van der Waals surface area contributed by atoms with Crippen molar-refractivity contribution in [3.05, 3.63) is 0 Å². The Morgan fingerprint density at radius 2 is 1.89 bits per heavy atom. The van der Waals surface area contributed by atoms with Crippen LogP contribution in [0.15, 0.2) is 0 Å². The highest BCUT2D eigenvalue weighted by Crippen LogP contribution is 2.05. The van der Waals surface area contributed by atoms with E-state index in [0.717, 1.165) is 4.31 Å². The lowest BCUT2D eigenvalue weighted by atomic mass is 10.4. The standard InChI is InChI=1S/C9H19N3O4S2/c1-6(2)12(5-8(10)17)18(14,15)11-9(13)16-7(3)4/h6-7H,5H2,1-4H3,(H2,10,17)(H,11,13). The number of amides is 1. The van der Waals surface area contributed by atoms with Gasteiger partial charge in [-0.05, 0) is 27.7 Å². The molecule has 0 fully saturated rings. The minimum Gasteiger partial charge on any atom is -0.446 e. The molecular formula is C9H19N3O4S2. The number of nitrogens with two attached hydrogens (primary N) is 1. The molecule has 0 saturated heterocycles. The molecule has 0 saturated carbocycles. The fourth-order valence-electron chi connectivity index (χ4n) is 1.10. The predicted octanol–water partition coefficient (Wildman–Crippen LogP) is 0.362. The Labute approximate surface area is 113 Å². The number of carbonyl (C=O) groups is 1. The highest BCUT2D eigenvalue weighted by molar-refractivity contribution is 7.87. The van der Waals surface area contributed by atoms with Gasteiger partial charge in [0, 0.05) is 6.04 Å². The largest absolute Gasteiger partial charge is 0.446 e.